The molecule has 1 N–H and O–H groups in total. The van der Waals surface area contributed by atoms with Crippen LogP contribution in [-0.4, -0.2) is 29.0 Å². The van der Waals surface area contributed by atoms with Crippen molar-refractivity contribution < 1.29 is 0 Å². The van der Waals surface area contributed by atoms with Crippen molar-refractivity contribution in [3.63, 3.8) is 0 Å². The van der Waals surface area contributed by atoms with Gasteiger partial charge in [-0.15, -0.1) is 0 Å². The highest BCUT2D eigenvalue weighted by molar-refractivity contribution is 5.56. The number of hydrogen-bond donors (Lipinski definition) is 1. The average Bonchev–Trinajstić information content (AvgIpc) is 2.84. The van der Waals surface area contributed by atoms with E-state index in [-0.39, 0.29) is 0 Å². The molecule has 1 fully saturated rings. The third-order valence-electron chi connectivity index (χ3n) is 4.23. The van der Waals surface area contributed by atoms with Gasteiger partial charge in [-0.25, -0.2) is 4.98 Å². The molecule has 0 radical (unpaired) electrons. The van der Waals surface area contributed by atoms with Crippen LogP contribution in [0.25, 0.3) is 5.65 Å². The highest BCUT2D eigenvalue weighted by Gasteiger charge is 2.22. The van der Waals surface area contributed by atoms with Crippen LogP contribution in [0, 0.1) is 5.92 Å². The van der Waals surface area contributed by atoms with E-state index in [0.717, 1.165) is 37.7 Å². The van der Waals surface area contributed by atoms with Gasteiger partial charge in [0, 0.05) is 25.8 Å². The Morgan fingerprint density at radius 3 is 2.85 bits per heavy atom. The van der Waals surface area contributed by atoms with Crippen molar-refractivity contribution in [3.8, 4) is 0 Å². The van der Waals surface area contributed by atoms with Gasteiger partial charge in [0.25, 0.3) is 0 Å². The summed E-state index contributed by atoms with van der Waals surface area (Å²) in [5.74, 6) is 2.02. The number of aromatic nitrogens is 2. The predicted molar refractivity (Wildman–Crippen MR) is 83.2 cm³/mol. The van der Waals surface area contributed by atoms with Gasteiger partial charge in [0.1, 0.15) is 5.65 Å². The summed E-state index contributed by atoms with van der Waals surface area (Å²) in [6.07, 6.45) is 4.66. The van der Waals surface area contributed by atoms with Crippen LogP contribution < -0.4 is 10.2 Å². The zero-order valence-electron chi connectivity index (χ0n) is 12.5. The first-order valence-corrected chi connectivity index (χ1v) is 7.71. The first-order valence-electron chi connectivity index (χ1n) is 7.71. The average molecular weight is 272 g/mol. The Kier molecular flexibility index (Phi) is 3.92. The minimum absolute atomic E-state index is 0.848. The van der Waals surface area contributed by atoms with Gasteiger partial charge in [0.15, 0.2) is 5.82 Å². The number of pyridine rings is 1. The number of piperidine rings is 1. The van der Waals surface area contributed by atoms with Gasteiger partial charge in [0.05, 0.1) is 5.69 Å². The third kappa shape index (κ3) is 2.52. The Morgan fingerprint density at radius 1 is 1.30 bits per heavy atom. The van der Waals surface area contributed by atoms with E-state index in [2.05, 4.69) is 52.9 Å². The number of fused-ring (bicyclic) bond motifs is 1. The van der Waals surface area contributed by atoms with Gasteiger partial charge < -0.3 is 14.6 Å². The second kappa shape index (κ2) is 5.83. The second-order valence-corrected chi connectivity index (χ2v) is 5.76. The third-order valence-corrected chi connectivity index (χ3v) is 4.23. The number of imidazole rings is 1. The summed E-state index contributed by atoms with van der Waals surface area (Å²) < 4.78 is 2.22. The molecule has 0 aromatic carbocycles. The highest BCUT2D eigenvalue weighted by atomic mass is 15.2. The summed E-state index contributed by atoms with van der Waals surface area (Å²) in [7, 11) is 0. The summed E-state index contributed by atoms with van der Waals surface area (Å²) in [5.41, 5.74) is 2.34. The molecule has 4 heteroatoms. The lowest BCUT2D eigenvalue weighted by Crippen LogP contribution is -2.34. The number of nitrogens with one attached hydrogen (secondary N) is 1. The van der Waals surface area contributed by atoms with E-state index in [4.69, 9.17) is 4.98 Å². The largest absolute Gasteiger partial charge is 0.355 e. The number of nitrogens with zero attached hydrogens (tertiary/aromatic N) is 3. The van der Waals surface area contributed by atoms with Crippen molar-refractivity contribution in [2.75, 3.05) is 24.5 Å². The van der Waals surface area contributed by atoms with E-state index in [9.17, 15) is 0 Å². The van der Waals surface area contributed by atoms with E-state index >= 15 is 0 Å². The van der Waals surface area contributed by atoms with E-state index in [1.54, 1.807) is 0 Å². The van der Waals surface area contributed by atoms with Crippen LogP contribution in [0.1, 0.15) is 32.4 Å². The minimum Gasteiger partial charge on any atom is -0.355 e. The summed E-state index contributed by atoms with van der Waals surface area (Å²) >= 11 is 0. The molecule has 3 rings (SSSR count). The maximum absolute atomic E-state index is 4.86. The predicted octanol–water partition coefficient (Wildman–Crippen LogP) is 2.68. The Bertz CT molecular complexity index is 567. The summed E-state index contributed by atoms with van der Waals surface area (Å²) in [5, 5.41) is 3.44. The van der Waals surface area contributed by atoms with Crippen molar-refractivity contribution in [1.29, 1.82) is 0 Å². The zero-order chi connectivity index (χ0) is 13.9. The highest BCUT2D eigenvalue weighted by Crippen LogP contribution is 2.26. The van der Waals surface area contributed by atoms with E-state index < -0.39 is 0 Å². The van der Waals surface area contributed by atoms with Crippen molar-refractivity contribution >= 4 is 11.5 Å². The molecule has 0 amide bonds. The number of anilines is 1. The molecular formula is C16H24N4. The minimum atomic E-state index is 0.848. The Balaban J connectivity index is 1.95. The molecule has 0 atom stereocenters. The SMILES string of the molecule is CCNCc1c(N2CCC(C)CC2)nc2ccccn12. The standard InChI is InChI=1S/C16H24N4/c1-3-17-12-14-16(19-10-7-13(2)8-11-19)18-15-6-4-5-9-20(14)15/h4-6,9,13,17H,3,7-8,10-12H2,1-2H3. The van der Waals surface area contributed by atoms with Gasteiger partial charge in [-0.2, -0.15) is 0 Å². The molecule has 4 nitrogen and oxygen atoms in total. The monoisotopic (exact) mass is 272 g/mol. The van der Waals surface area contributed by atoms with Gasteiger partial charge in [-0.1, -0.05) is 19.9 Å². The topological polar surface area (TPSA) is 32.6 Å². The fourth-order valence-corrected chi connectivity index (χ4v) is 2.92. The van der Waals surface area contributed by atoms with Gasteiger partial charge in [-0.3, -0.25) is 0 Å². The van der Waals surface area contributed by atoms with Crippen LogP contribution in [0.4, 0.5) is 5.82 Å². The lowest BCUT2D eigenvalue weighted by Gasteiger charge is -2.31. The van der Waals surface area contributed by atoms with Crippen LogP contribution in [-0.2, 0) is 6.54 Å². The van der Waals surface area contributed by atoms with Gasteiger partial charge in [0.2, 0.25) is 0 Å². The molecule has 20 heavy (non-hydrogen) atoms. The van der Waals surface area contributed by atoms with Crippen molar-refractivity contribution in [2.24, 2.45) is 5.92 Å². The fraction of sp³-hybridized carbons (Fsp3) is 0.562. The van der Waals surface area contributed by atoms with E-state index in [1.165, 1.54) is 24.4 Å². The molecule has 108 valence electrons. The molecule has 2 aromatic heterocycles. The first kappa shape index (κ1) is 13.4. The molecule has 1 aliphatic rings. The van der Waals surface area contributed by atoms with Crippen molar-refractivity contribution in [2.45, 2.75) is 33.2 Å². The second-order valence-electron chi connectivity index (χ2n) is 5.76. The molecule has 0 aliphatic carbocycles. The molecule has 1 saturated heterocycles. The van der Waals surface area contributed by atoms with Crippen molar-refractivity contribution in [1.82, 2.24) is 14.7 Å². The van der Waals surface area contributed by atoms with E-state index in [1.807, 2.05) is 0 Å². The molecular weight excluding hydrogens is 248 g/mol. The van der Waals surface area contributed by atoms with Crippen LogP contribution in [0.5, 0.6) is 0 Å². The van der Waals surface area contributed by atoms with E-state index in [0.29, 0.717) is 0 Å². The number of hydrogen-bond acceptors (Lipinski definition) is 3. The van der Waals surface area contributed by atoms with Crippen molar-refractivity contribution in [3.05, 3.63) is 30.1 Å². The summed E-state index contributed by atoms with van der Waals surface area (Å²) in [4.78, 5) is 7.32. The molecule has 0 bridgehead atoms. The fourth-order valence-electron chi connectivity index (χ4n) is 2.92. The van der Waals surface area contributed by atoms with Gasteiger partial charge in [-0.05, 0) is 37.4 Å². The number of rotatable bonds is 4. The quantitative estimate of drug-likeness (QED) is 0.929. The maximum Gasteiger partial charge on any atom is 0.152 e. The lowest BCUT2D eigenvalue weighted by atomic mass is 9.99. The normalized spacial score (nSPS) is 17.0. The Labute approximate surface area is 120 Å². The Hall–Kier alpha value is -1.55. The summed E-state index contributed by atoms with van der Waals surface area (Å²) in [6.45, 7) is 8.61. The molecule has 3 heterocycles. The van der Waals surface area contributed by atoms with Crippen LogP contribution in [0.2, 0.25) is 0 Å². The molecule has 0 spiro atoms. The molecule has 1 aliphatic heterocycles. The van der Waals surface area contributed by atoms with Crippen LogP contribution in [0.3, 0.4) is 0 Å². The summed E-state index contributed by atoms with van der Waals surface area (Å²) in [6, 6.07) is 6.22. The van der Waals surface area contributed by atoms with Gasteiger partial charge >= 0.3 is 0 Å². The smallest absolute Gasteiger partial charge is 0.152 e. The zero-order valence-corrected chi connectivity index (χ0v) is 12.5. The van der Waals surface area contributed by atoms with Crippen LogP contribution in [0.15, 0.2) is 24.4 Å². The lowest BCUT2D eigenvalue weighted by molar-refractivity contribution is 0.436. The van der Waals surface area contributed by atoms with Crippen LogP contribution >= 0.6 is 0 Å². The molecule has 0 unspecified atom stereocenters. The maximum atomic E-state index is 4.86. The first-order chi connectivity index (χ1) is 9.79. The molecule has 2 aromatic rings. The Morgan fingerprint density at radius 2 is 2.10 bits per heavy atom. The molecule has 0 saturated carbocycles.